The molecule has 0 radical (unpaired) electrons. The molecule has 0 bridgehead atoms. The van der Waals surface area contributed by atoms with Crippen molar-refractivity contribution in [2.75, 3.05) is 39.3 Å². The van der Waals surface area contributed by atoms with Crippen LogP contribution in [0.15, 0.2) is 24.3 Å². The number of carbonyl (C=O) groups excluding carboxylic acids is 2. The molecule has 2 saturated heterocycles. The molecule has 0 aromatic heterocycles. The van der Waals surface area contributed by atoms with Crippen molar-refractivity contribution in [1.29, 1.82) is 5.26 Å². The molecule has 2 amide bonds. The monoisotopic (exact) mass is 394 g/mol. The molecule has 9 heteroatoms. The number of carbonyl (C=O) groups is 2. The van der Waals surface area contributed by atoms with Crippen LogP contribution in [0.25, 0.3) is 0 Å². The highest BCUT2D eigenvalue weighted by Gasteiger charge is 2.41. The lowest BCUT2D eigenvalue weighted by Gasteiger charge is -2.36. The quantitative estimate of drug-likeness (QED) is 0.778. The molecular weight excluding hydrogens is 373 g/mol. The van der Waals surface area contributed by atoms with Crippen molar-refractivity contribution >= 4 is 11.8 Å². The SMILES string of the molecule is N#Cc1ccc(CN2CCN(C(=O)C3CC(=O)N(CC(F)(F)F)C3)CC2)cc1. The lowest BCUT2D eigenvalue weighted by atomic mass is 10.1. The van der Waals surface area contributed by atoms with Crippen molar-refractivity contribution in [2.24, 2.45) is 5.92 Å². The first-order valence-corrected chi connectivity index (χ1v) is 9.10. The van der Waals surface area contributed by atoms with Crippen molar-refractivity contribution in [3.05, 3.63) is 35.4 Å². The Balaban J connectivity index is 1.48. The highest BCUT2D eigenvalue weighted by Crippen LogP contribution is 2.25. The van der Waals surface area contributed by atoms with Crippen LogP contribution in [0.4, 0.5) is 13.2 Å². The molecular formula is C19H21F3N4O2. The fourth-order valence-corrected chi connectivity index (χ4v) is 3.63. The Morgan fingerprint density at radius 3 is 2.36 bits per heavy atom. The molecule has 3 rings (SSSR count). The zero-order valence-electron chi connectivity index (χ0n) is 15.3. The van der Waals surface area contributed by atoms with Crippen LogP contribution >= 0.6 is 0 Å². The van der Waals surface area contributed by atoms with Gasteiger partial charge in [0.15, 0.2) is 0 Å². The predicted molar refractivity (Wildman–Crippen MR) is 93.8 cm³/mol. The molecule has 0 saturated carbocycles. The summed E-state index contributed by atoms with van der Waals surface area (Å²) in [6.45, 7) is 1.52. The van der Waals surface area contributed by atoms with Gasteiger partial charge in [-0.05, 0) is 17.7 Å². The molecule has 1 unspecified atom stereocenters. The molecule has 0 N–H and O–H groups in total. The number of alkyl halides is 3. The Labute approximate surface area is 161 Å². The van der Waals surface area contributed by atoms with E-state index in [1.54, 1.807) is 17.0 Å². The second kappa shape index (κ2) is 8.19. The maximum Gasteiger partial charge on any atom is 0.406 e. The number of benzene rings is 1. The van der Waals surface area contributed by atoms with Gasteiger partial charge in [0.1, 0.15) is 6.54 Å². The molecule has 2 aliphatic rings. The number of hydrogen-bond acceptors (Lipinski definition) is 4. The van der Waals surface area contributed by atoms with Crippen LogP contribution in [0, 0.1) is 17.2 Å². The summed E-state index contributed by atoms with van der Waals surface area (Å²) in [5, 5.41) is 8.83. The van der Waals surface area contributed by atoms with Gasteiger partial charge in [0.2, 0.25) is 11.8 Å². The smallest absolute Gasteiger partial charge is 0.340 e. The van der Waals surface area contributed by atoms with Gasteiger partial charge in [0.25, 0.3) is 0 Å². The normalized spacial score (nSPS) is 21.1. The molecule has 0 spiro atoms. The minimum absolute atomic E-state index is 0.152. The number of nitrogens with zero attached hydrogens (tertiary/aromatic N) is 4. The summed E-state index contributed by atoms with van der Waals surface area (Å²) >= 11 is 0. The fraction of sp³-hybridized carbons (Fsp3) is 0.526. The van der Waals surface area contributed by atoms with E-state index in [0.29, 0.717) is 38.3 Å². The van der Waals surface area contributed by atoms with Gasteiger partial charge >= 0.3 is 6.18 Å². The predicted octanol–water partition coefficient (Wildman–Crippen LogP) is 1.61. The summed E-state index contributed by atoms with van der Waals surface area (Å²) in [4.78, 5) is 28.9. The highest BCUT2D eigenvalue weighted by molar-refractivity contribution is 5.89. The van der Waals surface area contributed by atoms with Crippen molar-refractivity contribution in [3.63, 3.8) is 0 Å². The lowest BCUT2D eigenvalue weighted by molar-refractivity contribution is -0.157. The second-order valence-electron chi connectivity index (χ2n) is 7.20. The van der Waals surface area contributed by atoms with Gasteiger partial charge in [0.05, 0.1) is 17.6 Å². The Kier molecular flexibility index (Phi) is 5.89. The molecule has 0 aliphatic carbocycles. The first-order chi connectivity index (χ1) is 13.2. The number of hydrogen-bond donors (Lipinski definition) is 0. The summed E-state index contributed by atoms with van der Waals surface area (Å²) in [7, 11) is 0. The summed E-state index contributed by atoms with van der Waals surface area (Å²) in [6, 6.07) is 9.40. The van der Waals surface area contributed by atoms with E-state index in [1.165, 1.54) is 0 Å². The van der Waals surface area contributed by atoms with Crippen LogP contribution in [0.1, 0.15) is 17.5 Å². The summed E-state index contributed by atoms with van der Waals surface area (Å²) in [5.41, 5.74) is 1.67. The molecule has 2 heterocycles. The van der Waals surface area contributed by atoms with E-state index in [0.717, 1.165) is 10.5 Å². The number of piperazine rings is 1. The van der Waals surface area contributed by atoms with Gasteiger partial charge in [-0.25, -0.2) is 0 Å². The van der Waals surface area contributed by atoms with Crippen LogP contribution < -0.4 is 0 Å². The number of likely N-dealkylation sites (tertiary alicyclic amines) is 1. The average Bonchev–Trinajstić information content (AvgIpc) is 3.01. The van der Waals surface area contributed by atoms with Crippen LogP contribution in [0.3, 0.4) is 0 Å². The zero-order valence-corrected chi connectivity index (χ0v) is 15.3. The Morgan fingerprint density at radius 2 is 1.79 bits per heavy atom. The fourth-order valence-electron chi connectivity index (χ4n) is 3.63. The Hall–Kier alpha value is -2.60. The number of amides is 2. The van der Waals surface area contributed by atoms with E-state index in [9.17, 15) is 22.8 Å². The maximum absolute atomic E-state index is 12.6. The first-order valence-electron chi connectivity index (χ1n) is 9.10. The highest BCUT2D eigenvalue weighted by atomic mass is 19.4. The molecule has 2 fully saturated rings. The van der Waals surface area contributed by atoms with Gasteiger partial charge in [-0.2, -0.15) is 18.4 Å². The standard InChI is InChI=1S/C19H21F3N4O2/c20-19(21,22)13-26-12-16(9-17(26)27)18(28)25-7-5-24(6-8-25)11-15-3-1-14(10-23)2-4-15/h1-4,16H,5-9,11-13H2. The van der Waals surface area contributed by atoms with Gasteiger partial charge in [-0.3, -0.25) is 14.5 Å². The van der Waals surface area contributed by atoms with Gasteiger partial charge in [0, 0.05) is 45.7 Å². The van der Waals surface area contributed by atoms with E-state index in [-0.39, 0.29) is 18.9 Å². The molecule has 1 aromatic carbocycles. The van der Waals surface area contributed by atoms with E-state index in [4.69, 9.17) is 5.26 Å². The molecule has 2 aliphatic heterocycles. The molecule has 1 atom stereocenters. The largest absolute Gasteiger partial charge is 0.406 e. The van der Waals surface area contributed by atoms with Gasteiger partial charge in [-0.1, -0.05) is 12.1 Å². The van der Waals surface area contributed by atoms with Gasteiger partial charge in [-0.15, -0.1) is 0 Å². The van der Waals surface area contributed by atoms with Crippen LogP contribution in [-0.4, -0.2) is 72.0 Å². The Morgan fingerprint density at radius 1 is 1.14 bits per heavy atom. The molecule has 28 heavy (non-hydrogen) atoms. The minimum Gasteiger partial charge on any atom is -0.340 e. The van der Waals surface area contributed by atoms with Crippen LogP contribution in [0.5, 0.6) is 0 Å². The van der Waals surface area contributed by atoms with Crippen LogP contribution in [-0.2, 0) is 16.1 Å². The number of halogens is 3. The summed E-state index contributed by atoms with van der Waals surface area (Å²) in [5.74, 6) is -1.55. The van der Waals surface area contributed by atoms with E-state index < -0.39 is 24.5 Å². The second-order valence-corrected chi connectivity index (χ2v) is 7.20. The molecule has 150 valence electrons. The number of rotatable bonds is 4. The van der Waals surface area contributed by atoms with Crippen LogP contribution in [0.2, 0.25) is 0 Å². The van der Waals surface area contributed by atoms with Gasteiger partial charge < -0.3 is 9.80 Å². The van der Waals surface area contributed by atoms with E-state index >= 15 is 0 Å². The van der Waals surface area contributed by atoms with Crippen molar-refractivity contribution in [3.8, 4) is 6.07 Å². The third-order valence-corrected chi connectivity index (χ3v) is 5.11. The topological polar surface area (TPSA) is 67.6 Å². The Bertz CT molecular complexity index is 765. The first kappa shape index (κ1) is 20.1. The van der Waals surface area contributed by atoms with E-state index in [1.807, 2.05) is 12.1 Å². The lowest BCUT2D eigenvalue weighted by Crippen LogP contribution is -2.50. The van der Waals surface area contributed by atoms with Crippen molar-refractivity contribution in [1.82, 2.24) is 14.7 Å². The summed E-state index contributed by atoms with van der Waals surface area (Å²) < 4.78 is 37.6. The molecule has 1 aromatic rings. The van der Waals surface area contributed by atoms with Crippen molar-refractivity contribution in [2.45, 2.75) is 19.1 Å². The minimum atomic E-state index is -4.45. The maximum atomic E-state index is 12.6. The third kappa shape index (κ3) is 5.01. The average molecular weight is 394 g/mol. The van der Waals surface area contributed by atoms with Crippen molar-refractivity contribution < 1.29 is 22.8 Å². The third-order valence-electron chi connectivity index (χ3n) is 5.11. The molecule has 6 nitrogen and oxygen atoms in total. The summed E-state index contributed by atoms with van der Waals surface area (Å²) in [6.07, 6.45) is -4.61. The zero-order chi connectivity index (χ0) is 20.3. The number of nitriles is 1. The van der Waals surface area contributed by atoms with E-state index in [2.05, 4.69) is 11.0 Å².